The van der Waals surface area contributed by atoms with Gasteiger partial charge in [-0.1, -0.05) is 6.07 Å². The number of aryl methyl sites for hydroxylation is 1. The number of benzene rings is 1. The van der Waals surface area contributed by atoms with Crippen LogP contribution >= 0.6 is 0 Å². The fourth-order valence-corrected chi connectivity index (χ4v) is 4.26. The number of nitrogens with zero attached hydrogens (tertiary/aromatic N) is 1. The molecule has 19 heavy (non-hydrogen) atoms. The summed E-state index contributed by atoms with van der Waals surface area (Å²) >= 11 is 0. The van der Waals surface area contributed by atoms with Crippen LogP contribution in [-0.4, -0.2) is 33.3 Å². The van der Waals surface area contributed by atoms with Crippen LogP contribution in [0.5, 0.6) is 0 Å². The van der Waals surface area contributed by atoms with E-state index in [0.29, 0.717) is 5.56 Å². The number of hydrogen-bond acceptors (Lipinski definition) is 6. The first-order valence-corrected chi connectivity index (χ1v) is 8.38. The standard InChI is InChI=1S/C9H12N2O6S2/c1-7-2-3-8(11(12)13)6-9(7)18(14,15)4-5-19(10,16)17/h2-3,6H,4-5H2,1H3,(H2,10,16,17). The van der Waals surface area contributed by atoms with Crippen molar-refractivity contribution in [2.45, 2.75) is 11.8 Å². The highest BCUT2D eigenvalue weighted by atomic mass is 32.2. The summed E-state index contributed by atoms with van der Waals surface area (Å²) in [5, 5.41) is 15.3. The zero-order valence-electron chi connectivity index (χ0n) is 9.94. The van der Waals surface area contributed by atoms with Gasteiger partial charge in [-0.3, -0.25) is 10.1 Å². The lowest BCUT2D eigenvalue weighted by molar-refractivity contribution is -0.385. The SMILES string of the molecule is Cc1ccc([N+](=O)[O-])cc1S(=O)(=O)CCS(N)(=O)=O. The van der Waals surface area contributed by atoms with E-state index >= 15 is 0 Å². The summed E-state index contributed by atoms with van der Waals surface area (Å²) in [5.74, 6) is -1.45. The summed E-state index contributed by atoms with van der Waals surface area (Å²) in [5.41, 5.74) is -0.0696. The lowest BCUT2D eigenvalue weighted by atomic mass is 10.2. The molecular formula is C9H12N2O6S2. The van der Waals surface area contributed by atoms with E-state index in [9.17, 15) is 26.9 Å². The Balaban J connectivity index is 3.21. The number of sulfonamides is 1. The van der Waals surface area contributed by atoms with Gasteiger partial charge in [0, 0.05) is 12.1 Å². The van der Waals surface area contributed by atoms with Crippen molar-refractivity contribution < 1.29 is 21.8 Å². The van der Waals surface area contributed by atoms with Gasteiger partial charge in [-0.25, -0.2) is 22.0 Å². The molecule has 0 aliphatic rings. The van der Waals surface area contributed by atoms with Gasteiger partial charge in [0.2, 0.25) is 10.0 Å². The second kappa shape index (κ2) is 5.23. The zero-order valence-corrected chi connectivity index (χ0v) is 11.6. The predicted molar refractivity (Wildman–Crippen MR) is 67.9 cm³/mol. The largest absolute Gasteiger partial charge is 0.270 e. The molecule has 1 rings (SSSR count). The van der Waals surface area contributed by atoms with Crippen molar-refractivity contribution in [3.05, 3.63) is 33.9 Å². The van der Waals surface area contributed by atoms with E-state index in [0.717, 1.165) is 6.07 Å². The second-order valence-corrected chi connectivity index (χ2v) is 7.70. The first kappa shape index (κ1) is 15.5. The van der Waals surface area contributed by atoms with E-state index in [1.807, 2.05) is 0 Å². The van der Waals surface area contributed by atoms with E-state index < -0.39 is 36.3 Å². The highest BCUT2D eigenvalue weighted by Gasteiger charge is 2.22. The molecule has 0 fully saturated rings. The monoisotopic (exact) mass is 308 g/mol. The molecule has 0 aliphatic carbocycles. The number of nitro groups is 1. The van der Waals surface area contributed by atoms with Crippen molar-refractivity contribution in [2.75, 3.05) is 11.5 Å². The molecule has 0 aliphatic heterocycles. The molecule has 0 heterocycles. The normalized spacial score (nSPS) is 12.3. The zero-order chi connectivity index (χ0) is 14.8. The first-order chi connectivity index (χ1) is 8.53. The van der Waals surface area contributed by atoms with Gasteiger partial charge in [-0.2, -0.15) is 0 Å². The fourth-order valence-electron chi connectivity index (χ4n) is 1.37. The first-order valence-electron chi connectivity index (χ1n) is 5.01. The summed E-state index contributed by atoms with van der Waals surface area (Å²) in [6.07, 6.45) is 0. The summed E-state index contributed by atoms with van der Waals surface area (Å²) < 4.78 is 45.4. The molecule has 106 valence electrons. The average Bonchev–Trinajstić information content (AvgIpc) is 2.25. The van der Waals surface area contributed by atoms with Crippen molar-refractivity contribution in [3.63, 3.8) is 0 Å². The van der Waals surface area contributed by atoms with E-state index in [1.165, 1.54) is 19.1 Å². The lowest BCUT2D eigenvalue weighted by Crippen LogP contribution is -2.23. The Labute approximate surface area is 110 Å². The minimum atomic E-state index is -3.94. The van der Waals surface area contributed by atoms with E-state index in [2.05, 4.69) is 0 Å². The summed E-state index contributed by atoms with van der Waals surface area (Å²) in [6, 6.07) is 3.38. The van der Waals surface area contributed by atoms with Crippen molar-refractivity contribution in [2.24, 2.45) is 5.14 Å². The Hall–Kier alpha value is -1.52. The maximum Gasteiger partial charge on any atom is 0.270 e. The molecule has 8 nitrogen and oxygen atoms in total. The van der Waals surface area contributed by atoms with Gasteiger partial charge in [0.25, 0.3) is 5.69 Å². The molecule has 0 spiro atoms. The Morgan fingerprint density at radius 2 is 1.79 bits per heavy atom. The quantitative estimate of drug-likeness (QED) is 0.598. The molecule has 1 aromatic rings. The number of hydrogen-bond donors (Lipinski definition) is 1. The van der Waals surface area contributed by atoms with Crippen LogP contribution in [0.4, 0.5) is 5.69 Å². The van der Waals surface area contributed by atoms with Crippen LogP contribution in [0, 0.1) is 17.0 Å². The van der Waals surface area contributed by atoms with E-state index in [-0.39, 0.29) is 10.6 Å². The number of sulfone groups is 1. The van der Waals surface area contributed by atoms with Gasteiger partial charge in [0.1, 0.15) is 0 Å². The second-order valence-electron chi connectivity index (χ2n) is 3.89. The molecular weight excluding hydrogens is 296 g/mol. The molecule has 0 saturated carbocycles. The van der Waals surface area contributed by atoms with Crippen LogP contribution in [-0.2, 0) is 19.9 Å². The van der Waals surface area contributed by atoms with E-state index in [4.69, 9.17) is 5.14 Å². The molecule has 0 bridgehead atoms. The molecule has 10 heteroatoms. The van der Waals surface area contributed by atoms with Crippen LogP contribution < -0.4 is 5.14 Å². The van der Waals surface area contributed by atoms with Gasteiger partial charge in [-0.15, -0.1) is 0 Å². The number of primary sulfonamides is 1. The maximum atomic E-state index is 11.9. The Morgan fingerprint density at radius 1 is 1.21 bits per heavy atom. The van der Waals surface area contributed by atoms with Crippen LogP contribution in [0.15, 0.2) is 23.1 Å². The molecule has 0 unspecified atom stereocenters. The minimum absolute atomic E-state index is 0.259. The van der Waals surface area contributed by atoms with Crippen LogP contribution in [0.2, 0.25) is 0 Å². The number of non-ortho nitro benzene ring substituents is 1. The van der Waals surface area contributed by atoms with Crippen LogP contribution in [0.1, 0.15) is 5.56 Å². The fraction of sp³-hybridized carbons (Fsp3) is 0.333. The van der Waals surface area contributed by atoms with Crippen molar-refractivity contribution >= 4 is 25.5 Å². The Kier molecular flexibility index (Phi) is 4.28. The topological polar surface area (TPSA) is 137 Å². The van der Waals surface area contributed by atoms with E-state index in [1.54, 1.807) is 0 Å². The highest BCUT2D eigenvalue weighted by Crippen LogP contribution is 2.22. The lowest BCUT2D eigenvalue weighted by Gasteiger charge is -2.06. The van der Waals surface area contributed by atoms with Gasteiger partial charge >= 0.3 is 0 Å². The minimum Gasteiger partial charge on any atom is -0.258 e. The van der Waals surface area contributed by atoms with Crippen LogP contribution in [0.25, 0.3) is 0 Å². The summed E-state index contributed by atoms with van der Waals surface area (Å²) in [7, 11) is -7.86. The summed E-state index contributed by atoms with van der Waals surface area (Å²) in [6.45, 7) is 1.47. The smallest absolute Gasteiger partial charge is 0.258 e. The molecule has 2 N–H and O–H groups in total. The Morgan fingerprint density at radius 3 is 2.26 bits per heavy atom. The van der Waals surface area contributed by atoms with Crippen molar-refractivity contribution in [1.82, 2.24) is 0 Å². The number of nitrogens with two attached hydrogens (primary N) is 1. The molecule has 0 aromatic heterocycles. The third kappa shape index (κ3) is 4.26. The third-order valence-electron chi connectivity index (χ3n) is 2.35. The average molecular weight is 308 g/mol. The summed E-state index contributed by atoms with van der Waals surface area (Å²) in [4.78, 5) is 9.62. The van der Waals surface area contributed by atoms with Gasteiger partial charge in [-0.05, 0) is 12.5 Å². The van der Waals surface area contributed by atoms with Gasteiger partial charge in [0.15, 0.2) is 9.84 Å². The van der Waals surface area contributed by atoms with Crippen molar-refractivity contribution in [1.29, 1.82) is 0 Å². The number of nitro benzene ring substituents is 1. The number of rotatable bonds is 5. The molecule has 0 radical (unpaired) electrons. The highest BCUT2D eigenvalue weighted by molar-refractivity contribution is 7.94. The van der Waals surface area contributed by atoms with Gasteiger partial charge < -0.3 is 0 Å². The molecule has 0 saturated heterocycles. The predicted octanol–water partition coefficient (Wildman–Crippen LogP) is -0.0346. The molecule has 0 atom stereocenters. The van der Waals surface area contributed by atoms with Crippen LogP contribution in [0.3, 0.4) is 0 Å². The van der Waals surface area contributed by atoms with Crippen molar-refractivity contribution in [3.8, 4) is 0 Å². The van der Waals surface area contributed by atoms with Gasteiger partial charge in [0.05, 0.1) is 21.3 Å². The Bertz CT molecular complexity index is 708. The molecule has 1 aromatic carbocycles. The maximum absolute atomic E-state index is 11.9. The third-order valence-corrected chi connectivity index (χ3v) is 5.24. The molecule has 0 amide bonds.